The molecule has 1 aromatic rings. The number of alkyl halides is 3. The van der Waals surface area contributed by atoms with E-state index in [-0.39, 0.29) is 11.3 Å². The smallest absolute Gasteiger partial charge is 0.481 e. The molecule has 2 unspecified atom stereocenters. The van der Waals surface area contributed by atoms with Gasteiger partial charge in [-0.1, -0.05) is 13.8 Å². The molecule has 0 aromatic heterocycles. The zero-order valence-corrected chi connectivity index (χ0v) is 16.6. The van der Waals surface area contributed by atoms with Crippen molar-refractivity contribution in [2.24, 2.45) is 11.8 Å². The SMILES string of the molecule is CC(C)C(OC(=O)c1ccc(OC(=O)OC(C)(C)C)cc1)C(C(=O)O)C(F)(F)F. The first-order chi connectivity index (χ1) is 13.1. The summed E-state index contributed by atoms with van der Waals surface area (Å²) in [5, 5.41) is 8.94. The Morgan fingerprint density at radius 1 is 1.00 bits per heavy atom. The number of benzene rings is 1. The van der Waals surface area contributed by atoms with Crippen LogP contribution in [0.25, 0.3) is 0 Å². The van der Waals surface area contributed by atoms with E-state index < -0.39 is 47.8 Å². The van der Waals surface area contributed by atoms with Crippen LogP contribution in [0.2, 0.25) is 0 Å². The Morgan fingerprint density at radius 2 is 1.52 bits per heavy atom. The van der Waals surface area contributed by atoms with Gasteiger partial charge in [0.1, 0.15) is 17.5 Å². The van der Waals surface area contributed by atoms with Gasteiger partial charge < -0.3 is 19.3 Å². The maximum atomic E-state index is 13.1. The number of carboxylic acid groups (broad SMARTS) is 1. The molecule has 0 aliphatic carbocycles. The summed E-state index contributed by atoms with van der Waals surface area (Å²) in [7, 11) is 0. The lowest BCUT2D eigenvalue weighted by molar-refractivity contribution is -0.215. The zero-order chi connectivity index (χ0) is 22.6. The van der Waals surface area contributed by atoms with Crippen molar-refractivity contribution in [1.82, 2.24) is 0 Å². The number of hydrogen-bond donors (Lipinski definition) is 1. The largest absolute Gasteiger partial charge is 0.514 e. The summed E-state index contributed by atoms with van der Waals surface area (Å²) >= 11 is 0. The first kappa shape index (κ1) is 24.3. The molecule has 0 spiro atoms. The summed E-state index contributed by atoms with van der Waals surface area (Å²) in [6.45, 7) is 7.56. The van der Waals surface area contributed by atoms with Crippen LogP contribution in [0.15, 0.2) is 24.3 Å². The van der Waals surface area contributed by atoms with Crippen LogP contribution in [0.4, 0.5) is 18.0 Å². The van der Waals surface area contributed by atoms with Gasteiger partial charge in [-0.15, -0.1) is 0 Å². The van der Waals surface area contributed by atoms with Gasteiger partial charge in [0.2, 0.25) is 0 Å². The van der Waals surface area contributed by atoms with Crippen molar-refractivity contribution in [2.75, 3.05) is 0 Å². The highest BCUT2D eigenvalue weighted by molar-refractivity contribution is 5.90. The molecule has 2 atom stereocenters. The molecule has 0 fully saturated rings. The standard InChI is InChI=1S/C19H23F3O7/c1-10(2)14(13(15(23)24)19(20,21)22)28-16(25)11-6-8-12(9-7-11)27-17(26)29-18(3,4)5/h6-10,13-14H,1-5H3,(H,23,24). The van der Waals surface area contributed by atoms with Crippen LogP contribution in [0.5, 0.6) is 5.75 Å². The summed E-state index contributed by atoms with van der Waals surface area (Å²) in [4.78, 5) is 34.9. The molecule has 0 aliphatic rings. The summed E-state index contributed by atoms with van der Waals surface area (Å²) in [5.41, 5.74) is -0.912. The summed E-state index contributed by atoms with van der Waals surface area (Å²) in [6, 6.07) is 4.79. The Labute approximate surface area is 165 Å². The zero-order valence-electron chi connectivity index (χ0n) is 16.6. The van der Waals surface area contributed by atoms with Crippen LogP contribution < -0.4 is 4.74 Å². The Hall–Kier alpha value is -2.78. The Bertz CT molecular complexity index is 734. The van der Waals surface area contributed by atoms with Crippen LogP contribution in [0.3, 0.4) is 0 Å². The number of hydrogen-bond acceptors (Lipinski definition) is 6. The van der Waals surface area contributed by atoms with Gasteiger partial charge >= 0.3 is 24.3 Å². The van der Waals surface area contributed by atoms with Crippen LogP contribution in [0, 0.1) is 11.8 Å². The molecule has 1 rings (SSSR count). The molecule has 0 saturated heterocycles. The van der Waals surface area contributed by atoms with Gasteiger partial charge in [-0.05, 0) is 51.0 Å². The third kappa shape index (κ3) is 7.63. The second kappa shape index (κ2) is 9.15. The van der Waals surface area contributed by atoms with E-state index >= 15 is 0 Å². The number of halogens is 3. The third-order valence-electron chi connectivity index (χ3n) is 3.53. The van der Waals surface area contributed by atoms with Crippen LogP contribution >= 0.6 is 0 Å². The van der Waals surface area contributed by atoms with Gasteiger partial charge in [-0.25, -0.2) is 9.59 Å². The number of carboxylic acids is 1. The van der Waals surface area contributed by atoms with E-state index in [1.54, 1.807) is 20.8 Å². The highest BCUT2D eigenvalue weighted by Crippen LogP contribution is 2.34. The number of rotatable bonds is 6. The minimum atomic E-state index is -5.09. The van der Waals surface area contributed by atoms with Gasteiger partial charge in [0, 0.05) is 0 Å². The highest BCUT2D eigenvalue weighted by Gasteiger charge is 2.52. The average molecular weight is 420 g/mol. The molecule has 1 aromatic carbocycles. The van der Waals surface area contributed by atoms with Crippen LogP contribution in [-0.4, -0.2) is 41.1 Å². The van der Waals surface area contributed by atoms with Gasteiger partial charge in [-0.3, -0.25) is 4.79 Å². The summed E-state index contributed by atoms with van der Waals surface area (Å²) in [5.74, 6) is -7.00. The Morgan fingerprint density at radius 3 is 1.90 bits per heavy atom. The highest BCUT2D eigenvalue weighted by atomic mass is 19.4. The minimum Gasteiger partial charge on any atom is -0.481 e. The maximum Gasteiger partial charge on any atom is 0.514 e. The van der Waals surface area contributed by atoms with Crippen molar-refractivity contribution < 1.29 is 46.9 Å². The lowest BCUT2D eigenvalue weighted by Crippen LogP contribution is -2.45. The quantitative estimate of drug-likeness (QED) is 0.536. The molecule has 162 valence electrons. The van der Waals surface area contributed by atoms with E-state index in [0.717, 1.165) is 0 Å². The van der Waals surface area contributed by atoms with Gasteiger partial charge in [0.15, 0.2) is 5.92 Å². The Balaban J connectivity index is 2.92. The minimum absolute atomic E-state index is 0.0370. The Kier molecular flexibility index (Phi) is 7.65. The molecular formula is C19H23F3O7. The number of carbonyl (C=O) groups is 3. The molecule has 1 N–H and O–H groups in total. The fraction of sp³-hybridized carbons (Fsp3) is 0.526. The molecule has 7 nitrogen and oxygen atoms in total. The molecule has 0 radical (unpaired) electrons. The van der Waals surface area contributed by atoms with E-state index in [1.165, 1.54) is 38.1 Å². The van der Waals surface area contributed by atoms with E-state index in [0.29, 0.717) is 0 Å². The van der Waals surface area contributed by atoms with E-state index in [9.17, 15) is 27.6 Å². The second-order valence-electron chi connectivity index (χ2n) is 7.56. The van der Waals surface area contributed by atoms with E-state index in [4.69, 9.17) is 19.3 Å². The van der Waals surface area contributed by atoms with Crippen molar-refractivity contribution in [3.05, 3.63) is 29.8 Å². The first-order valence-corrected chi connectivity index (χ1v) is 8.63. The lowest BCUT2D eigenvalue weighted by Gasteiger charge is -2.28. The number of esters is 1. The summed E-state index contributed by atoms with van der Waals surface area (Å²) < 4.78 is 54.0. The van der Waals surface area contributed by atoms with Crippen LogP contribution in [0.1, 0.15) is 45.0 Å². The number of carbonyl (C=O) groups excluding carboxylic acids is 2. The maximum absolute atomic E-state index is 13.1. The summed E-state index contributed by atoms with van der Waals surface area (Å²) in [6.07, 6.45) is -7.98. The van der Waals surface area contributed by atoms with Crippen molar-refractivity contribution >= 4 is 18.1 Å². The molecule has 0 aliphatic heterocycles. The second-order valence-corrected chi connectivity index (χ2v) is 7.56. The molecular weight excluding hydrogens is 397 g/mol. The lowest BCUT2D eigenvalue weighted by atomic mass is 9.92. The molecule has 0 heterocycles. The third-order valence-corrected chi connectivity index (χ3v) is 3.53. The van der Waals surface area contributed by atoms with E-state index in [1.807, 2.05) is 0 Å². The normalized spacial score (nSPS) is 14.1. The van der Waals surface area contributed by atoms with Gasteiger partial charge in [-0.2, -0.15) is 13.2 Å². The fourth-order valence-electron chi connectivity index (χ4n) is 2.27. The fourth-order valence-corrected chi connectivity index (χ4v) is 2.27. The number of ether oxygens (including phenoxy) is 3. The van der Waals surface area contributed by atoms with Crippen LogP contribution in [-0.2, 0) is 14.3 Å². The van der Waals surface area contributed by atoms with Crippen molar-refractivity contribution in [3.8, 4) is 5.75 Å². The van der Waals surface area contributed by atoms with Crippen molar-refractivity contribution in [2.45, 2.75) is 52.5 Å². The average Bonchev–Trinajstić information content (AvgIpc) is 2.51. The number of aliphatic carboxylic acids is 1. The predicted octanol–water partition coefficient (Wildman–Crippen LogP) is 4.45. The van der Waals surface area contributed by atoms with Crippen molar-refractivity contribution in [1.29, 1.82) is 0 Å². The molecule has 0 bridgehead atoms. The first-order valence-electron chi connectivity index (χ1n) is 8.63. The van der Waals surface area contributed by atoms with Gasteiger partial charge in [0.05, 0.1) is 5.56 Å². The van der Waals surface area contributed by atoms with Crippen molar-refractivity contribution in [3.63, 3.8) is 0 Å². The monoisotopic (exact) mass is 420 g/mol. The molecule has 0 amide bonds. The van der Waals surface area contributed by atoms with E-state index in [2.05, 4.69) is 0 Å². The predicted molar refractivity (Wildman–Crippen MR) is 94.5 cm³/mol. The molecule has 29 heavy (non-hydrogen) atoms. The molecule has 0 saturated carbocycles. The molecule has 10 heteroatoms. The topological polar surface area (TPSA) is 99.1 Å². The van der Waals surface area contributed by atoms with Gasteiger partial charge in [0.25, 0.3) is 0 Å².